The zero-order valence-corrected chi connectivity index (χ0v) is 11.7. The maximum absolute atomic E-state index is 11.0. The highest BCUT2D eigenvalue weighted by Crippen LogP contribution is 2.51. The van der Waals surface area contributed by atoms with E-state index in [9.17, 15) is 4.79 Å². The topological polar surface area (TPSA) is 42.2 Å². The number of carboxylic acids is 1. The van der Waals surface area contributed by atoms with Gasteiger partial charge >= 0.3 is 5.97 Å². The van der Waals surface area contributed by atoms with Crippen LogP contribution in [0.3, 0.4) is 0 Å². The maximum atomic E-state index is 11.0. The summed E-state index contributed by atoms with van der Waals surface area (Å²) in [4.78, 5) is 11.0. The lowest BCUT2D eigenvalue weighted by Crippen LogP contribution is -2.12. The zero-order chi connectivity index (χ0) is 13.8. The van der Waals surface area contributed by atoms with E-state index in [2.05, 4.69) is 43.7 Å². The number of rotatable bonds is 3. The summed E-state index contributed by atoms with van der Waals surface area (Å²) in [6.45, 7) is 4.26. The van der Waals surface area contributed by atoms with Gasteiger partial charge in [-0.2, -0.15) is 0 Å². The van der Waals surface area contributed by atoms with Crippen molar-refractivity contribution in [2.24, 2.45) is 7.05 Å². The zero-order valence-electron chi connectivity index (χ0n) is 11.7. The minimum Gasteiger partial charge on any atom is -0.481 e. The summed E-state index contributed by atoms with van der Waals surface area (Å²) in [6.07, 6.45) is 2.24. The number of aromatic nitrogens is 1. The molecule has 3 heteroatoms. The molecule has 3 rings (SSSR count). The van der Waals surface area contributed by atoms with Gasteiger partial charge in [-0.15, -0.1) is 0 Å². The molecular formula is C16H19NO2. The Labute approximate surface area is 112 Å². The second-order valence-corrected chi connectivity index (χ2v) is 5.85. The third-order valence-corrected chi connectivity index (χ3v) is 4.76. The van der Waals surface area contributed by atoms with Gasteiger partial charge in [0.1, 0.15) is 0 Å². The molecule has 1 saturated carbocycles. The van der Waals surface area contributed by atoms with E-state index in [0.717, 1.165) is 12.8 Å². The van der Waals surface area contributed by atoms with Crippen LogP contribution in [0.25, 0.3) is 10.9 Å². The Morgan fingerprint density at radius 1 is 1.37 bits per heavy atom. The van der Waals surface area contributed by atoms with Crippen molar-refractivity contribution in [1.29, 1.82) is 0 Å². The molecule has 1 aromatic carbocycles. The van der Waals surface area contributed by atoms with Crippen LogP contribution in [0.15, 0.2) is 18.2 Å². The lowest BCUT2D eigenvalue weighted by atomic mass is 9.91. The fourth-order valence-electron chi connectivity index (χ4n) is 3.09. The smallest absolute Gasteiger partial charge is 0.304 e. The predicted octanol–water partition coefficient (Wildman–Crippen LogP) is 3.30. The van der Waals surface area contributed by atoms with Crippen molar-refractivity contribution in [3.8, 4) is 0 Å². The van der Waals surface area contributed by atoms with Gasteiger partial charge in [0.25, 0.3) is 0 Å². The quantitative estimate of drug-likeness (QED) is 0.916. The van der Waals surface area contributed by atoms with Crippen LogP contribution in [0.4, 0.5) is 0 Å². The van der Waals surface area contributed by atoms with E-state index in [0.29, 0.717) is 0 Å². The van der Waals surface area contributed by atoms with Crippen LogP contribution in [0.2, 0.25) is 0 Å². The van der Waals surface area contributed by atoms with Gasteiger partial charge in [-0.1, -0.05) is 12.1 Å². The van der Waals surface area contributed by atoms with Crippen molar-refractivity contribution in [3.63, 3.8) is 0 Å². The van der Waals surface area contributed by atoms with Crippen LogP contribution in [0.1, 0.15) is 36.1 Å². The number of nitrogens with zero attached hydrogens (tertiary/aromatic N) is 1. The SMILES string of the molecule is Cc1c(C)n(C)c2cc(C3(CC(=O)O)CC3)ccc12. The highest BCUT2D eigenvalue weighted by Gasteiger charge is 2.46. The molecule has 1 aliphatic rings. The van der Waals surface area contributed by atoms with Crippen molar-refractivity contribution < 1.29 is 9.90 Å². The van der Waals surface area contributed by atoms with E-state index in [1.165, 1.54) is 27.7 Å². The molecule has 0 bridgehead atoms. The Morgan fingerprint density at radius 2 is 2.05 bits per heavy atom. The minimum atomic E-state index is -0.697. The molecule has 1 aliphatic carbocycles. The van der Waals surface area contributed by atoms with Gasteiger partial charge in [-0.3, -0.25) is 4.79 Å². The lowest BCUT2D eigenvalue weighted by molar-refractivity contribution is -0.137. The molecule has 0 unspecified atom stereocenters. The van der Waals surface area contributed by atoms with Gasteiger partial charge in [-0.25, -0.2) is 0 Å². The molecule has 0 atom stereocenters. The number of carbonyl (C=O) groups is 1. The summed E-state index contributed by atoms with van der Waals surface area (Å²) in [5.41, 5.74) is 4.88. The average Bonchev–Trinajstić information content (AvgIpc) is 3.11. The summed E-state index contributed by atoms with van der Waals surface area (Å²) in [5, 5.41) is 10.3. The van der Waals surface area contributed by atoms with E-state index in [4.69, 9.17) is 5.11 Å². The molecule has 2 aromatic rings. The molecule has 0 radical (unpaired) electrons. The summed E-state index contributed by atoms with van der Waals surface area (Å²) in [7, 11) is 2.07. The summed E-state index contributed by atoms with van der Waals surface area (Å²) in [5.74, 6) is -0.697. The van der Waals surface area contributed by atoms with E-state index >= 15 is 0 Å². The monoisotopic (exact) mass is 257 g/mol. The number of hydrogen-bond acceptors (Lipinski definition) is 1. The van der Waals surface area contributed by atoms with Crippen molar-refractivity contribution >= 4 is 16.9 Å². The summed E-state index contributed by atoms with van der Waals surface area (Å²) in [6, 6.07) is 6.45. The van der Waals surface area contributed by atoms with E-state index < -0.39 is 5.97 Å². The standard InChI is InChI=1S/C16H19NO2/c1-10-11(2)17(3)14-8-12(4-5-13(10)14)16(6-7-16)9-15(18)19/h4-5,8H,6-7,9H2,1-3H3,(H,18,19). The number of aliphatic carboxylic acids is 1. The second-order valence-electron chi connectivity index (χ2n) is 5.85. The van der Waals surface area contributed by atoms with Crippen LogP contribution >= 0.6 is 0 Å². The first-order valence-corrected chi connectivity index (χ1v) is 6.72. The van der Waals surface area contributed by atoms with E-state index in [1.54, 1.807) is 0 Å². The largest absolute Gasteiger partial charge is 0.481 e. The van der Waals surface area contributed by atoms with Gasteiger partial charge in [0.05, 0.1) is 6.42 Å². The second kappa shape index (κ2) is 3.86. The highest BCUT2D eigenvalue weighted by molar-refractivity contribution is 5.86. The molecule has 19 heavy (non-hydrogen) atoms. The normalized spacial score (nSPS) is 16.8. The third kappa shape index (κ3) is 1.76. The Morgan fingerprint density at radius 3 is 2.63 bits per heavy atom. The molecule has 0 amide bonds. The predicted molar refractivity (Wildman–Crippen MR) is 75.6 cm³/mol. The fraction of sp³-hybridized carbons (Fsp3) is 0.438. The molecule has 0 aliphatic heterocycles. The van der Waals surface area contributed by atoms with Gasteiger partial charge in [0.15, 0.2) is 0 Å². The van der Waals surface area contributed by atoms with Crippen molar-refractivity contribution in [2.75, 3.05) is 0 Å². The van der Waals surface area contributed by atoms with Crippen LogP contribution < -0.4 is 0 Å². The van der Waals surface area contributed by atoms with Gasteiger partial charge in [0, 0.05) is 29.1 Å². The first-order valence-electron chi connectivity index (χ1n) is 6.72. The molecule has 1 aromatic heterocycles. The molecule has 1 heterocycles. The van der Waals surface area contributed by atoms with Crippen molar-refractivity contribution in [1.82, 2.24) is 4.57 Å². The molecule has 0 saturated heterocycles. The first-order chi connectivity index (χ1) is 8.94. The van der Waals surface area contributed by atoms with Gasteiger partial charge in [-0.05, 0) is 43.9 Å². The van der Waals surface area contributed by atoms with E-state index in [1.807, 2.05) is 0 Å². The maximum Gasteiger partial charge on any atom is 0.304 e. The minimum absolute atomic E-state index is 0.105. The first kappa shape index (κ1) is 12.3. The molecule has 1 fully saturated rings. The number of carboxylic acid groups (broad SMARTS) is 1. The number of aryl methyl sites for hydroxylation is 2. The van der Waals surface area contributed by atoms with Gasteiger partial charge in [0.2, 0.25) is 0 Å². The van der Waals surface area contributed by atoms with Crippen molar-refractivity contribution in [3.05, 3.63) is 35.0 Å². The molecule has 1 N–H and O–H groups in total. The Hall–Kier alpha value is -1.77. The summed E-state index contributed by atoms with van der Waals surface area (Å²) < 4.78 is 2.20. The molecular weight excluding hydrogens is 238 g/mol. The number of benzene rings is 1. The lowest BCUT2D eigenvalue weighted by Gasteiger charge is -2.13. The Balaban J connectivity index is 2.12. The molecule has 100 valence electrons. The van der Waals surface area contributed by atoms with Crippen LogP contribution in [-0.2, 0) is 17.3 Å². The average molecular weight is 257 g/mol. The van der Waals surface area contributed by atoms with Crippen molar-refractivity contribution in [2.45, 2.75) is 38.5 Å². The third-order valence-electron chi connectivity index (χ3n) is 4.76. The number of hydrogen-bond donors (Lipinski definition) is 1. The van der Waals surface area contributed by atoms with Crippen LogP contribution in [0, 0.1) is 13.8 Å². The Bertz CT molecular complexity index is 678. The van der Waals surface area contributed by atoms with Crippen LogP contribution in [-0.4, -0.2) is 15.6 Å². The highest BCUT2D eigenvalue weighted by atomic mass is 16.4. The Kier molecular flexibility index (Phi) is 2.49. The van der Waals surface area contributed by atoms with E-state index in [-0.39, 0.29) is 11.8 Å². The fourth-order valence-corrected chi connectivity index (χ4v) is 3.09. The number of fused-ring (bicyclic) bond motifs is 1. The van der Waals surface area contributed by atoms with Gasteiger partial charge < -0.3 is 9.67 Å². The summed E-state index contributed by atoms with van der Waals surface area (Å²) >= 11 is 0. The van der Waals surface area contributed by atoms with Crippen LogP contribution in [0.5, 0.6) is 0 Å². The molecule has 3 nitrogen and oxygen atoms in total. The molecule has 0 spiro atoms.